The van der Waals surface area contributed by atoms with E-state index in [0.29, 0.717) is 24.2 Å². The molecule has 1 amide bonds. The number of likely N-dealkylation sites (N-methyl/N-ethyl adjacent to an activating group) is 1. The third-order valence-electron chi connectivity index (χ3n) is 5.08. The summed E-state index contributed by atoms with van der Waals surface area (Å²) in [6.45, 7) is 8.30. The van der Waals surface area contributed by atoms with Gasteiger partial charge in [-0.2, -0.15) is 0 Å². The number of fused-ring (bicyclic) bond motifs is 1. The fraction of sp³-hybridized carbons (Fsp3) is 0.304. The Bertz CT molecular complexity index is 953. The minimum absolute atomic E-state index is 0.0562. The lowest BCUT2D eigenvalue weighted by atomic mass is 10.1. The van der Waals surface area contributed by atoms with Gasteiger partial charge in [0.05, 0.1) is 0 Å². The van der Waals surface area contributed by atoms with Gasteiger partial charge in [0.15, 0.2) is 0 Å². The zero-order chi connectivity index (χ0) is 20.6. The first kappa shape index (κ1) is 20.6. The number of phenolic OH excluding ortho intramolecular Hbond substituents is 1. The Hall–Kier alpha value is -3.12. The number of aromatic nitrogens is 1. The zero-order valence-corrected chi connectivity index (χ0v) is 17.0. The number of anilines is 1. The van der Waals surface area contributed by atoms with Gasteiger partial charge in [0.1, 0.15) is 11.3 Å². The van der Waals surface area contributed by atoms with Gasteiger partial charge in [-0.15, -0.1) is 0 Å². The second-order valence-electron chi connectivity index (χ2n) is 6.86. The average Bonchev–Trinajstić information content (AvgIpc) is 2.77. The molecule has 0 bridgehead atoms. The van der Waals surface area contributed by atoms with Crippen molar-refractivity contribution in [2.45, 2.75) is 20.4 Å². The van der Waals surface area contributed by atoms with Crippen LogP contribution in [-0.4, -0.2) is 47.1 Å². The highest BCUT2D eigenvalue weighted by molar-refractivity contribution is 5.94. The number of aromatic hydroxyl groups is 1. The van der Waals surface area contributed by atoms with Gasteiger partial charge in [-0.3, -0.25) is 9.78 Å². The van der Waals surface area contributed by atoms with Crippen molar-refractivity contribution in [1.29, 1.82) is 0 Å². The predicted octanol–water partition coefficient (Wildman–Crippen LogP) is 3.62. The third-order valence-corrected chi connectivity index (χ3v) is 5.08. The van der Waals surface area contributed by atoms with Crippen LogP contribution in [0.4, 0.5) is 5.69 Å². The molecule has 0 saturated heterocycles. The molecule has 6 nitrogen and oxygen atoms in total. The summed E-state index contributed by atoms with van der Waals surface area (Å²) in [5.41, 5.74) is 3.22. The Morgan fingerprint density at radius 3 is 2.55 bits per heavy atom. The van der Waals surface area contributed by atoms with Crippen LogP contribution >= 0.6 is 0 Å². The Morgan fingerprint density at radius 1 is 1.07 bits per heavy atom. The smallest absolute Gasteiger partial charge is 0.251 e. The van der Waals surface area contributed by atoms with Crippen LogP contribution in [0, 0.1) is 0 Å². The van der Waals surface area contributed by atoms with E-state index in [1.807, 2.05) is 42.5 Å². The van der Waals surface area contributed by atoms with Crippen LogP contribution in [0.2, 0.25) is 0 Å². The Balaban J connectivity index is 1.57. The number of carbonyl (C=O) groups excluding carboxylic acids is 1. The number of nitrogens with zero attached hydrogens (tertiary/aromatic N) is 2. The third kappa shape index (κ3) is 5.23. The van der Waals surface area contributed by atoms with Crippen molar-refractivity contribution in [2.75, 3.05) is 31.5 Å². The summed E-state index contributed by atoms with van der Waals surface area (Å²) in [6, 6.07) is 14.8. The molecule has 0 unspecified atom stereocenters. The first-order chi connectivity index (χ1) is 14.1. The van der Waals surface area contributed by atoms with Crippen LogP contribution in [0.15, 0.2) is 54.7 Å². The molecule has 0 aliphatic rings. The SMILES string of the molecule is CCN(CC)CCNC(=O)c1ccc(NCc2ccc(O)c3ncccc23)cc1. The topological polar surface area (TPSA) is 77.5 Å². The van der Waals surface area contributed by atoms with Crippen molar-refractivity contribution >= 4 is 22.5 Å². The Morgan fingerprint density at radius 2 is 1.83 bits per heavy atom. The highest BCUT2D eigenvalue weighted by atomic mass is 16.3. The summed E-state index contributed by atoms with van der Waals surface area (Å²) < 4.78 is 0. The van der Waals surface area contributed by atoms with Gasteiger partial charge in [-0.1, -0.05) is 26.0 Å². The lowest BCUT2D eigenvalue weighted by molar-refractivity contribution is 0.0949. The van der Waals surface area contributed by atoms with Gasteiger partial charge in [-0.05, 0) is 55.1 Å². The molecule has 2 aromatic carbocycles. The Labute approximate surface area is 171 Å². The van der Waals surface area contributed by atoms with E-state index < -0.39 is 0 Å². The predicted molar refractivity (Wildman–Crippen MR) is 117 cm³/mol. The minimum atomic E-state index is -0.0562. The van der Waals surface area contributed by atoms with Crippen LogP contribution in [0.5, 0.6) is 5.75 Å². The summed E-state index contributed by atoms with van der Waals surface area (Å²) in [4.78, 5) is 18.8. The number of nitrogens with one attached hydrogen (secondary N) is 2. The van der Waals surface area contributed by atoms with E-state index in [4.69, 9.17) is 0 Å². The molecule has 0 atom stereocenters. The molecule has 152 valence electrons. The molecule has 0 fully saturated rings. The number of carbonyl (C=O) groups is 1. The van der Waals surface area contributed by atoms with E-state index >= 15 is 0 Å². The van der Waals surface area contributed by atoms with Crippen molar-refractivity contribution in [3.63, 3.8) is 0 Å². The van der Waals surface area contributed by atoms with Gasteiger partial charge in [0.2, 0.25) is 0 Å². The molecular weight excluding hydrogens is 364 g/mol. The molecule has 1 heterocycles. The van der Waals surface area contributed by atoms with E-state index in [1.54, 1.807) is 12.3 Å². The van der Waals surface area contributed by atoms with Crippen LogP contribution in [0.3, 0.4) is 0 Å². The number of phenols is 1. The molecule has 0 spiro atoms. The maximum absolute atomic E-state index is 12.3. The van der Waals surface area contributed by atoms with E-state index in [2.05, 4.69) is 34.4 Å². The van der Waals surface area contributed by atoms with E-state index in [1.165, 1.54) is 0 Å². The van der Waals surface area contributed by atoms with Crippen molar-refractivity contribution in [1.82, 2.24) is 15.2 Å². The van der Waals surface area contributed by atoms with Crippen molar-refractivity contribution < 1.29 is 9.90 Å². The van der Waals surface area contributed by atoms with Crippen molar-refractivity contribution in [3.8, 4) is 5.75 Å². The molecule has 1 aromatic heterocycles. The van der Waals surface area contributed by atoms with Crippen LogP contribution in [0.25, 0.3) is 10.9 Å². The van der Waals surface area contributed by atoms with Gasteiger partial charge in [0, 0.05) is 42.5 Å². The number of pyridine rings is 1. The Kier molecular flexibility index (Phi) is 7.03. The molecule has 0 aliphatic heterocycles. The highest BCUT2D eigenvalue weighted by Crippen LogP contribution is 2.26. The van der Waals surface area contributed by atoms with Crippen LogP contribution in [0.1, 0.15) is 29.8 Å². The molecule has 29 heavy (non-hydrogen) atoms. The molecule has 3 rings (SSSR count). The fourth-order valence-corrected chi connectivity index (χ4v) is 3.28. The van der Waals surface area contributed by atoms with E-state index in [0.717, 1.165) is 36.3 Å². The molecule has 3 aromatic rings. The maximum atomic E-state index is 12.3. The standard InChI is InChI=1S/C23H28N4O2/c1-3-27(4-2)15-14-25-23(29)17-7-10-19(11-8-17)26-16-18-9-12-21(28)22-20(18)6-5-13-24-22/h5-13,26,28H,3-4,14-16H2,1-2H3,(H,25,29). The van der Waals surface area contributed by atoms with E-state index in [-0.39, 0.29) is 11.7 Å². The number of benzene rings is 2. The van der Waals surface area contributed by atoms with Gasteiger partial charge < -0.3 is 20.6 Å². The van der Waals surface area contributed by atoms with E-state index in [9.17, 15) is 9.90 Å². The molecule has 3 N–H and O–H groups in total. The maximum Gasteiger partial charge on any atom is 0.251 e. The quantitative estimate of drug-likeness (QED) is 0.518. The highest BCUT2D eigenvalue weighted by Gasteiger charge is 2.08. The number of rotatable bonds is 9. The lowest BCUT2D eigenvalue weighted by Gasteiger charge is -2.18. The monoisotopic (exact) mass is 392 g/mol. The normalized spacial score (nSPS) is 11.0. The largest absolute Gasteiger partial charge is 0.506 e. The molecule has 0 radical (unpaired) electrons. The average molecular weight is 393 g/mol. The molecular formula is C23H28N4O2. The zero-order valence-electron chi connectivity index (χ0n) is 17.0. The number of hydrogen-bond acceptors (Lipinski definition) is 5. The molecule has 6 heteroatoms. The minimum Gasteiger partial charge on any atom is -0.506 e. The van der Waals surface area contributed by atoms with Gasteiger partial charge in [-0.25, -0.2) is 0 Å². The first-order valence-electron chi connectivity index (χ1n) is 10.0. The molecule has 0 aliphatic carbocycles. The van der Waals surface area contributed by atoms with Crippen molar-refractivity contribution in [3.05, 3.63) is 65.9 Å². The summed E-state index contributed by atoms with van der Waals surface area (Å²) in [5.74, 6) is 0.125. The lowest BCUT2D eigenvalue weighted by Crippen LogP contribution is -2.34. The second kappa shape index (κ2) is 9.89. The summed E-state index contributed by atoms with van der Waals surface area (Å²) in [7, 11) is 0. The second-order valence-corrected chi connectivity index (χ2v) is 6.86. The van der Waals surface area contributed by atoms with Gasteiger partial charge in [0.25, 0.3) is 5.91 Å². The molecule has 0 saturated carbocycles. The number of amides is 1. The number of hydrogen-bond donors (Lipinski definition) is 3. The van der Waals surface area contributed by atoms with Gasteiger partial charge >= 0.3 is 0 Å². The van der Waals surface area contributed by atoms with Crippen LogP contribution < -0.4 is 10.6 Å². The van der Waals surface area contributed by atoms with Crippen molar-refractivity contribution in [2.24, 2.45) is 0 Å². The van der Waals surface area contributed by atoms with Crippen LogP contribution in [-0.2, 0) is 6.54 Å². The first-order valence-corrected chi connectivity index (χ1v) is 10.0. The fourth-order valence-electron chi connectivity index (χ4n) is 3.28. The summed E-state index contributed by atoms with van der Waals surface area (Å²) in [6.07, 6.45) is 1.67. The summed E-state index contributed by atoms with van der Waals surface area (Å²) >= 11 is 0. The summed E-state index contributed by atoms with van der Waals surface area (Å²) in [5, 5.41) is 17.2.